The summed E-state index contributed by atoms with van der Waals surface area (Å²) in [5.41, 5.74) is 0.607. The molecule has 92 valence electrons. The average Bonchev–Trinajstić information content (AvgIpc) is 2.33. The number of pyridine rings is 1. The fourth-order valence-corrected chi connectivity index (χ4v) is 1.29. The molecule has 0 unspecified atom stereocenters. The van der Waals surface area contributed by atoms with E-state index in [1.807, 2.05) is 6.08 Å². The second kappa shape index (κ2) is 7.51. The fourth-order valence-electron chi connectivity index (χ4n) is 1.29. The van der Waals surface area contributed by atoms with E-state index in [4.69, 9.17) is 10.3 Å². The maximum absolute atomic E-state index is 13.1. The molecule has 0 bridgehead atoms. The van der Waals surface area contributed by atoms with Gasteiger partial charge >= 0.3 is 0 Å². The molecular formula is C12H15FN2O2. The molecule has 0 fully saturated rings. The maximum Gasteiger partial charge on any atom is 0.150 e. The lowest BCUT2D eigenvalue weighted by Crippen LogP contribution is -1.95. The van der Waals surface area contributed by atoms with E-state index in [1.165, 1.54) is 6.07 Å². The molecule has 5 heteroatoms. The lowest BCUT2D eigenvalue weighted by molar-refractivity contribution is 0.285. The number of halogens is 1. The summed E-state index contributed by atoms with van der Waals surface area (Å²) in [6.07, 6.45) is 7.14. The summed E-state index contributed by atoms with van der Waals surface area (Å²) in [6.45, 7) is 0.194. The SMILES string of the molecule is OCCCC/C=C/c1ccc(F)c(/C=N\O)n1. The van der Waals surface area contributed by atoms with Crippen LogP contribution in [0.25, 0.3) is 6.08 Å². The Morgan fingerprint density at radius 3 is 2.88 bits per heavy atom. The summed E-state index contributed by atoms with van der Waals surface area (Å²) < 4.78 is 13.1. The van der Waals surface area contributed by atoms with Crippen LogP contribution in [-0.2, 0) is 0 Å². The van der Waals surface area contributed by atoms with Crippen molar-refractivity contribution in [1.82, 2.24) is 4.98 Å². The molecule has 0 aliphatic carbocycles. The number of rotatable bonds is 6. The molecule has 4 nitrogen and oxygen atoms in total. The van der Waals surface area contributed by atoms with Crippen LogP contribution in [0, 0.1) is 5.82 Å². The van der Waals surface area contributed by atoms with Crippen LogP contribution in [0.2, 0.25) is 0 Å². The average molecular weight is 238 g/mol. The molecule has 0 saturated carbocycles. The summed E-state index contributed by atoms with van der Waals surface area (Å²) in [5.74, 6) is -0.528. The Balaban J connectivity index is 2.62. The molecule has 0 aliphatic heterocycles. The van der Waals surface area contributed by atoms with Gasteiger partial charge in [0.15, 0.2) is 5.82 Å². The van der Waals surface area contributed by atoms with Crippen molar-refractivity contribution >= 4 is 12.3 Å². The molecule has 1 aromatic rings. The third-order valence-corrected chi connectivity index (χ3v) is 2.14. The van der Waals surface area contributed by atoms with E-state index >= 15 is 0 Å². The van der Waals surface area contributed by atoms with Crippen LogP contribution >= 0.6 is 0 Å². The Kier molecular flexibility index (Phi) is 5.88. The van der Waals surface area contributed by atoms with Crippen molar-refractivity contribution < 1.29 is 14.7 Å². The zero-order valence-corrected chi connectivity index (χ0v) is 9.38. The number of aliphatic hydroxyl groups is 1. The number of hydrogen-bond acceptors (Lipinski definition) is 4. The van der Waals surface area contributed by atoms with Crippen LogP contribution in [0.3, 0.4) is 0 Å². The third-order valence-electron chi connectivity index (χ3n) is 2.14. The van der Waals surface area contributed by atoms with Gasteiger partial charge in [0.05, 0.1) is 11.9 Å². The number of aromatic nitrogens is 1. The number of unbranched alkanes of at least 4 members (excludes halogenated alkanes) is 2. The van der Waals surface area contributed by atoms with E-state index < -0.39 is 5.82 Å². The van der Waals surface area contributed by atoms with Crippen molar-refractivity contribution in [1.29, 1.82) is 0 Å². The van der Waals surface area contributed by atoms with Gasteiger partial charge in [-0.25, -0.2) is 9.37 Å². The highest BCUT2D eigenvalue weighted by Crippen LogP contribution is 2.07. The lowest BCUT2D eigenvalue weighted by Gasteiger charge is -1.97. The van der Waals surface area contributed by atoms with Crippen LogP contribution in [0.15, 0.2) is 23.4 Å². The molecule has 1 aromatic heterocycles. The van der Waals surface area contributed by atoms with Gasteiger partial charge in [-0.2, -0.15) is 0 Å². The number of nitrogens with zero attached hydrogens (tertiary/aromatic N) is 2. The van der Waals surface area contributed by atoms with Gasteiger partial charge in [0.1, 0.15) is 5.69 Å². The van der Waals surface area contributed by atoms with Gasteiger partial charge in [0, 0.05) is 6.61 Å². The minimum absolute atomic E-state index is 0.00464. The summed E-state index contributed by atoms with van der Waals surface area (Å²) in [6, 6.07) is 2.82. The van der Waals surface area contributed by atoms with E-state index in [0.29, 0.717) is 5.69 Å². The molecule has 1 rings (SSSR count). The van der Waals surface area contributed by atoms with Crippen molar-refractivity contribution in [3.63, 3.8) is 0 Å². The first-order chi connectivity index (χ1) is 8.27. The van der Waals surface area contributed by atoms with Crippen molar-refractivity contribution in [2.45, 2.75) is 19.3 Å². The zero-order valence-electron chi connectivity index (χ0n) is 9.38. The van der Waals surface area contributed by atoms with E-state index in [-0.39, 0.29) is 12.3 Å². The molecule has 17 heavy (non-hydrogen) atoms. The Morgan fingerprint density at radius 1 is 1.35 bits per heavy atom. The van der Waals surface area contributed by atoms with Crippen LogP contribution in [0.5, 0.6) is 0 Å². The van der Waals surface area contributed by atoms with Gasteiger partial charge in [-0.3, -0.25) is 0 Å². The van der Waals surface area contributed by atoms with Crippen LogP contribution < -0.4 is 0 Å². The van der Waals surface area contributed by atoms with Crippen LogP contribution in [-0.4, -0.2) is 28.1 Å². The molecule has 2 N–H and O–H groups in total. The lowest BCUT2D eigenvalue weighted by atomic mass is 10.2. The van der Waals surface area contributed by atoms with Crippen molar-refractivity contribution in [2.24, 2.45) is 5.16 Å². The molecule has 0 saturated heterocycles. The number of aliphatic hydroxyl groups excluding tert-OH is 1. The van der Waals surface area contributed by atoms with Gasteiger partial charge < -0.3 is 10.3 Å². The standard InChI is InChI=1S/C12H15FN2O2/c13-11-7-6-10(15-12(11)9-14-17)5-3-1-2-4-8-16/h3,5-7,9,16-17H,1-2,4,8H2/b5-3+,14-9-. The third kappa shape index (κ3) is 4.74. The minimum Gasteiger partial charge on any atom is -0.411 e. The van der Waals surface area contributed by atoms with Crippen LogP contribution in [0.4, 0.5) is 4.39 Å². The first-order valence-corrected chi connectivity index (χ1v) is 5.39. The zero-order chi connectivity index (χ0) is 12.5. The largest absolute Gasteiger partial charge is 0.411 e. The summed E-state index contributed by atoms with van der Waals surface area (Å²) in [4.78, 5) is 3.96. The molecule has 0 amide bonds. The van der Waals surface area contributed by atoms with Crippen molar-refractivity contribution in [2.75, 3.05) is 6.61 Å². The van der Waals surface area contributed by atoms with Gasteiger partial charge in [0.25, 0.3) is 0 Å². The Hall–Kier alpha value is -1.75. The van der Waals surface area contributed by atoms with Gasteiger partial charge in [-0.05, 0) is 37.5 Å². The first kappa shape index (κ1) is 13.3. The predicted octanol–water partition coefficient (Wildman–Crippen LogP) is 2.20. The Bertz CT molecular complexity index is 405. The number of oxime groups is 1. The summed E-state index contributed by atoms with van der Waals surface area (Å²) >= 11 is 0. The molecular weight excluding hydrogens is 223 g/mol. The topological polar surface area (TPSA) is 65.7 Å². The monoisotopic (exact) mass is 238 g/mol. The normalized spacial score (nSPS) is 11.6. The molecule has 0 aliphatic rings. The highest BCUT2D eigenvalue weighted by molar-refractivity contribution is 5.77. The molecule has 0 radical (unpaired) electrons. The molecule has 0 atom stereocenters. The maximum atomic E-state index is 13.1. The van der Waals surface area contributed by atoms with Gasteiger partial charge in [-0.15, -0.1) is 0 Å². The Labute approximate surface area is 99.1 Å². The van der Waals surface area contributed by atoms with Gasteiger partial charge in [0.2, 0.25) is 0 Å². The smallest absolute Gasteiger partial charge is 0.150 e. The van der Waals surface area contributed by atoms with Gasteiger partial charge in [-0.1, -0.05) is 11.2 Å². The highest BCUT2D eigenvalue weighted by atomic mass is 19.1. The Morgan fingerprint density at radius 2 is 2.18 bits per heavy atom. The second-order valence-corrected chi connectivity index (χ2v) is 3.47. The van der Waals surface area contributed by atoms with E-state index in [9.17, 15) is 4.39 Å². The summed E-state index contributed by atoms with van der Waals surface area (Å²) in [7, 11) is 0. The quantitative estimate of drug-likeness (QED) is 0.345. The van der Waals surface area contributed by atoms with E-state index in [1.54, 1.807) is 12.1 Å². The number of hydrogen-bond donors (Lipinski definition) is 2. The number of allylic oxidation sites excluding steroid dienone is 1. The van der Waals surface area contributed by atoms with Crippen molar-refractivity contribution in [3.05, 3.63) is 35.4 Å². The molecule has 1 heterocycles. The second-order valence-electron chi connectivity index (χ2n) is 3.47. The predicted molar refractivity (Wildman–Crippen MR) is 63.5 cm³/mol. The van der Waals surface area contributed by atoms with Crippen LogP contribution in [0.1, 0.15) is 30.7 Å². The van der Waals surface area contributed by atoms with E-state index in [0.717, 1.165) is 25.5 Å². The van der Waals surface area contributed by atoms with Crippen molar-refractivity contribution in [3.8, 4) is 0 Å². The fraction of sp³-hybridized carbons (Fsp3) is 0.333. The summed E-state index contributed by atoms with van der Waals surface area (Å²) in [5, 5.41) is 19.7. The molecule has 0 aromatic carbocycles. The van der Waals surface area contributed by atoms with E-state index in [2.05, 4.69) is 10.1 Å². The minimum atomic E-state index is -0.528. The first-order valence-electron chi connectivity index (χ1n) is 5.39. The highest BCUT2D eigenvalue weighted by Gasteiger charge is 2.01. The molecule has 0 spiro atoms.